The number of nitrogens with zero attached hydrogens (tertiary/aromatic N) is 3. The summed E-state index contributed by atoms with van der Waals surface area (Å²) in [5.41, 5.74) is 1.07. The van der Waals surface area contributed by atoms with E-state index >= 15 is 0 Å². The van der Waals surface area contributed by atoms with E-state index in [1.165, 1.54) is 12.4 Å². The van der Waals surface area contributed by atoms with Crippen molar-refractivity contribution in [1.29, 1.82) is 0 Å². The van der Waals surface area contributed by atoms with Crippen LogP contribution in [0.1, 0.15) is 16.1 Å². The van der Waals surface area contributed by atoms with E-state index < -0.39 is 0 Å². The third kappa shape index (κ3) is 3.62. The van der Waals surface area contributed by atoms with Crippen molar-refractivity contribution in [2.45, 2.75) is 6.54 Å². The Labute approximate surface area is 114 Å². The molecule has 0 bridgehead atoms. The lowest BCUT2D eigenvalue weighted by Crippen LogP contribution is -2.24. The monoisotopic (exact) mass is 278 g/mol. The third-order valence-corrected chi connectivity index (χ3v) is 2.51. The second kappa shape index (κ2) is 6.10. The second-order valence-electron chi connectivity index (χ2n) is 3.62. The largest absolute Gasteiger partial charge is 0.481 e. The van der Waals surface area contributed by atoms with Crippen molar-refractivity contribution in [2.24, 2.45) is 0 Å². The van der Waals surface area contributed by atoms with Gasteiger partial charge in [0.1, 0.15) is 10.8 Å². The molecule has 1 amide bonds. The fourth-order valence-corrected chi connectivity index (χ4v) is 1.44. The average Bonchev–Trinajstić information content (AvgIpc) is 2.46. The number of ether oxygens (including phenoxy) is 1. The van der Waals surface area contributed by atoms with Crippen molar-refractivity contribution in [1.82, 2.24) is 20.3 Å². The Bertz CT molecular complexity index is 557. The number of pyridine rings is 1. The molecule has 0 spiro atoms. The minimum Gasteiger partial charge on any atom is -0.481 e. The number of rotatable bonds is 4. The highest BCUT2D eigenvalue weighted by atomic mass is 35.5. The molecule has 0 atom stereocenters. The first-order valence-corrected chi connectivity index (χ1v) is 5.81. The summed E-state index contributed by atoms with van der Waals surface area (Å²) in [5, 5.41) is 2.95. The molecule has 0 fully saturated rings. The average molecular weight is 279 g/mol. The topological polar surface area (TPSA) is 77.0 Å². The molecule has 7 heteroatoms. The van der Waals surface area contributed by atoms with Gasteiger partial charge < -0.3 is 10.1 Å². The molecule has 0 saturated carbocycles. The van der Waals surface area contributed by atoms with Gasteiger partial charge in [-0.15, -0.1) is 0 Å². The first-order chi connectivity index (χ1) is 9.19. The lowest BCUT2D eigenvalue weighted by Gasteiger charge is -2.05. The number of methoxy groups -OCH3 is 1. The molecule has 0 aliphatic heterocycles. The van der Waals surface area contributed by atoms with Crippen molar-refractivity contribution < 1.29 is 9.53 Å². The summed E-state index contributed by atoms with van der Waals surface area (Å²) in [6, 6.07) is 3.54. The number of carbonyl (C=O) groups excluding carboxylic acids is 1. The van der Waals surface area contributed by atoms with Gasteiger partial charge in [-0.2, -0.15) is 0 Å². The minimum atomic E-state index is -0.319. The number of nitrogens with one attached hydrogen (secondary N) is 1. The van der Waals surface area contributed by atoms with Gasteiger partial charge in [0, 0.05) is 18.8 Å². The van der Waals surface area contributed by atoms with Gasteiger partial charge in [0.25, 0.3) is 5.91 Å². The Morgan fingerprint density at radius 1 is 1.26 bits per heavy atom. The van der Waals surface area contributed by atoms with E-state index in [4.69, 9.17) is 16.3 Å². The van der Waals surface area contributed by atoms with E-state index in [2.05, 4.69) is 20.3 Å². The molecule has 0 aromatic carbocycles. The quantitative estimate of drug-likeness (QED) is 0.916. The van der Waals surface area contributed by atoms with Crippen molar-refractivity contribution >= 4 is 17.5 Å². The highest BCUT2D eigenvalue weighted by Crippen LogP contribution is 2.06. The van der Waals surface area contributed by atoms with Gasteiger partial charge in [-0.05, 0) is 5.56 Å². The Morgan fingerprint density at radius 3 is 2.68 bits per heavy atom. The fraction of sp³-hybridized carbons (Fsp3) is 0.167. The van der Waals surface area contributed by atoms with Gasteiger partial charge >= 0.3 is 0 Å². The van der Waals surface area contributed by atoms with Gasteiger partial charge in [-0.1, -0.05) is 17.7 Å². The lowest BCUT2D eigenvalue weighted by atomic mass is 10.3. The smallest absolute Gasteiger partial charge is 0.271 e. The Kier molecular flexibility index (Phi) is 4.25. The highest BCUT2D eigenvalue weighted by Gasteiger charge is 2.07. The summed E-state index contributed by atoms with van der Waals surface area (Å²) in [4.78, 5) is 23.5. The zero-order chi connectivity index (χ0) is 13.7. The van der Waals surface area contributed by atoms with Gasteiger partial charge in [-0.25, -0.2) is 15.0 Å². The molecular formula is C12H11ClN4O2. The minimum absolute atomic E-state index is 0.214. The number of amides is 1. The van der Waals surface area contributed by atoms with E-state index in [0.29, 0.717) is 12.4 Å². The van der Waals surface area contributed by atoms with Crippen molar-refractivity contribution in [3.8, 4) is 5.88 Å². The number of hydrogen-bond acceptors (Lipinski definition) is 5. The zero-order valence-corrected chi connectivity index (χ0v) is 10.9. The van der Waals surface area contributed by atoms with Crippen molar-refractivity contribution in [2.75, 3.05) is 7.11 Å². The summed E-state index contributed by atoms with van der Waals surface area (Å²) in [6.45, 7) is 0.347. The fourth-order valence-electron chi connectivity index (χ4n) is 1.34. The Morgan fingerprint density at radius 2 is 2.11 bits per heavy atom. The summed E-state index contributed by atoms with van der Waals surface area (Å²) in [5.74, 6) is 0.207. The molecule has 0 aliphatic carbocycles. The zero-order valence-electron chi connectivity index (χ0n) is 10.1. The van der Waals surface area contributed by atoms with E-state index in [-0.39, 0.29) is 16.8 Å². The van der Waals surface area contributed by atoms with Crippen molar-refractivity contribution in [3.63, 3.8) is 0 Å². The second-order valence-corrected chi connectivity index (χ2v) is 4.00. The van der Waals surface area contributed by atoms with Gasteiger partial charge in [0.15, 0.2) is 0 Å². The molecule has 19 heavy (non-hydrogen) atoms. The first-order valence-electron chi connectivity index (χ1n) is 5.43. The number of aromatic nitrogens is 3. The van der Waals surface area contributed by atoms with Crippen LogP contribution in [0.2, 0.25) is 5.15 Å². The molecule has 6 nitrogen and oxygen atoms in total. The molecule has 2 heterocycles. The summed E-state index contributed by atoms with van der Waals surface area (Å²) < 4.78 is 4.95. The Balaban J connectivity index is 1.94. The molecule has 2 rings (SSSR count). The van der Waals surface area contributed by atoms with Crippen LogP contribution in [0.15, 0.2) is 30.7 Å². The molecule has 0 unspecified atom stereocenters. The van der Waals surface area contributed by atoms with Crippen LogP contribution in [0.4, 0.5) is 0 Å². The van der Waals surface area contributed by atoms with Crippen LogP contribution in [-0.2, 0) is 6.54 Å². The van der Waals surface area contributed by atoms with Crippen molar-refractivity contribution in [3.05, 3.63) is 47.1 Å². The van der Waals surface area contributed by atoms with E-state index in [1.54, 1.807) is 19.4 Å². The maximum absolute atomic E-state index is 11.8. The maximum Gasteiger partial charge on any atom is 0.271 e. The van der Waals surface area contributed by atoms with Crippen LogP contribution in [0, 0.1) is 0 Å². The van der Waals surface area contributed by atoms with Crippen LogP contribution in [0.25, 0.3) is 0 Å². The normalized spacial score (nSPS) is 10.0. The summed E-state index contributed by atoms with van der Waals surface area (Å²) in [6.07, 6.45) is 4.28. The van der Waals surface area contributed by atoms with Crippen LogP contribution in [-0.4, -0.2) is 28.0 Å². The predicted octanol–water partition coefficient (Wildman–Crippen LogP) is 1.46. The molecule has 0 saturated heterocycles. The van der Waals surface area contributed by atoms with Gasteiger partial charge in [0.2, 0.25) is 5.88 Å². The maximum atomic E-state index is 11.8. The number of halogens is 1. The number of carbonyl (C=O) groups is 1. The predicted molar refractivity (Wildman–Crippen MR) is 69.0 cm³/mol. The van der Waals surface area contributed by atoms with E-state index in [0.717, 1.165) is 5.56 Å². The molecule has 98 valence electrons. The lowest BCUT2D eigenvalue weighted by molar-refractivity contribution is 0.0945. The van der Waals surface area contributed by atoms with Crippen LogP contribution in [0.5, 0.6) is 5.88 Å². The van der Waals surface area contributed by atoms with Crippen LogP contribution >= 0.6 is 11.6 Å². The molecule has 0 aliphatic rings. The summed E-state index contributed by atoms with van der Waals surface area (Å²) in [7, 11) is 1.54. The standard InChI is InChI=1S/C12H11ClN4O2/c1-19-11-3-2-8(4-16-11)5-17-12(18)9-6-15-10(13)7-14-9/h2-4,6-7H,5H2,1H3,(H,17,18). The molecule has 2 aromatic heterocycles. The number of hydrogen-bond donors (Lipinski definition) is 1. The van der Waals surface area contributed by atoms with Gasteiger partial charge in [-0.3, -0.25) is 4.79 Å². The highest BCUT2D eigenvalue weighted by molar-refractivity contribution is 6.29. The molecule has 0 radical (unpaired) electrons. The molecule has 1 N–H and O–H groups in total. The van der Waals surface area contributed by atoms with Gasteiger partial charge in [0.05, 0.1) is 19.5 Å². The summed E-state index contributed by atoms with van der Waals surface area (Å²) >= 11 is 5.59. The SMILES string of the molecule is COc1ccc(CNC(=O)c2cnc(Cl)cn2)cn1. The van der Waals surface area contributed by atoms with Crippen LogP contribution < -0.4 is 10.1 Å². The Hall–Kier alpha value is -2.21. The molecule has 2 aromatic rings. The van der Waals surface area contributed by atoms with E-state index in [1.807, 2.05) is 6.07 Å². The van der Waals surface area contributed by atoms with Crippen LogP contribution in [0.3, 0.4) is 0 Å². The van der Waals surface area contributed by atoms with E-state index in [9.17, 15) is 4.79 Å². The first kappa shape index (κ1) is 13.2. The molecular weight excluding hydrogens is 268 g/mol. The third-order valence-electron chi connectivity index (χ3n) is 2.31.